The minimum absolute atomic E-state index is 0.0882. The van der Waals surface area contributed by atoms with Crippen molar-refractivity contribution in [1.82, 2.24) is 4.98 Å². The van der Waals surface area contributed by atoms with E-state index in [4.69, 9.17) is 14.2 Å². The van der Waals surface area contributed by atoms with Crippen LogP contribution in [-0.2, 0) is 14.3 Å². The highest BCUT2D eigenvalue weighted by Crippen LogP contribution is 2.46. The number of benzene rings is 2. The van der Waals surface area contributed by atoms with Gasteiger partial charge in [0.15, 0.2) is 16.6 Å². The molecule has 1 aliphatic rings. The molecule has 4 rings (SSSR count). The maximum atomic E-state index is 13.7. The maximum absolute atomic E-state index is 13.7. The third-order valence-corrected chi connectivity index (χ3v) is 8.14. The smallest absolute Gasteiger partial charge is 0.350 e. The van der Waals surface area contributed by atoms with Gasteiger partial charge in [0.1, 0.15) is 10.6 Å². The van der Waals surface area contributed by atoms with Gasteiger partial charge in [-0.05, 0) is 69.4 Å². The lowest BCUT2D eigenvalue weighted by atomic mass is 9.93. The van der Waals surface area contributed by atoms with Crippen molar-refractivity contribution < 1.29 is 33.7 Å². The quantitative estimate of drug-likeness (QED) is 0.126. The van der Waals surface area contributed by atoms with Crippen LogP contribution in [0.15, 0.2) is 42.0 Å². The Bertz CT molecular complexity index is 1560. The van der Waals surface area contributed by atoms with Crippen molar-refractivity contribution in [2.75, 3.05) is 25.2 Å². The number of aromatic nitrogens is 1. The van der Waals surface area contributed by atoms with Crippen molar-refractivity contribution in [3.63, 3.8) is 0 Å². The van der Waals surface area contributed by atoms with Crippen molar-refractivity contribution in [3.05, 3.63) is 74.8 Å². The second-order valence-electron chi connectivity index (χ2n) is 10.6. The van der Waals surface area contributed by atoms with Gasteiger partial charge in [-0.3, -0.25) is 14.5 Å². The molecule has 1 unspecified atom stereocenters. The summed E-state index contributed by atoms with van der Waals surface area (Å²) in [4.78, 5) is 45.8. The predicted molar refractivity (Wildman–Crippen MR) is 161 cm³/mol. The molecule has 1 amide bonds. The molecule has 10 heteroatoms. The lowest BCUT2D eigenvalue weighted by molar-refractivity contribution is -0.132. The van der Waals surface area contributed by atoms with Crippen LogP contribution < -0.4 is 14.4 Å². The van der Waals surface area contributed by atoms with Crippen LogP contribution in [0.1, 0.15) is 70.9 Å². The van der Waals surface area contributed by atoms with Gasteiger partial charge in [-0.25, -0.2) is 9.78 Å². The Morgan fingerprint density at radius 2 is 1.83 bits per heavy atom. The van der Waals surface area contributed by atoms with Gasteiger partial charge in [0.2, 0.25) is 0 Å². The topological polar surface area (TPSA) is 115 Å². The van der Waals surface area contributed by atoms with E-state index in [0.717, 1.165) is 28.9 Å². The molecule has 1 N–H and O–H groups in total. The van der Waals surface area contributed by atoms with E-state index in [-0.39, 0.29) is 27.9 Å². The number of ketones is 1. The molecule has 2 aromatic carbocycles. The van der Waals surface area contributed by atoms with E-state index >= 15 is 0 Å². The summed E-state index contributed by atoms with van der Waals surface area (Å²) < 4.78 is 16.7. The molecule has 1 aliphatic heterocycles. The van der Waals surface area contributed by atoms with Crippen LogP contribution in [0.5, 0.6) is 11.5 Å². The van der Waals surface area contributed by atoms with Crippen LogP contribution in [0, 0.1) is 26.7 Å². The summed E-state index contributed by atoms with van der Waals surface area (Å²) in [6.45, 7) is 11.9. The number of ether oxygens (including phenoxy) is 3. The van der Waals surface area contributed by atoms with E-state index in [0.29, 0.717) is 40.8 Å². The summed E-state index contributed by atoms with van der Waals surface area (Å²) in [5, 5.41) is 11.7. The highest BCUT2D eigenvalue weighted by molar-refractivity contribution is 7.17. The Labute approximate surface area is 249 Å². The molecule has 222 valence electrons. The number of hydrogen-bond donors (Lipinski definition) is 1. The number of methoxy groups -OCH3 is 1. The fourth-order valence-corrected chi connectivity index (χ4v) is 5.72. The molecule has 0 saturated carbocycles. The van der Waals surface area contributed by atoms with Gasteiger partial charge in [-0.15, -0.1) is 0 Å². The number of nitrogens with zero attached hydrogens (tertiary/aromatic N) is 2. The second-order valence-corrected chi connectivity index (χ2v) is 11.5. The minimum Gasteiger partial charge on any atom is -0.507 e. The molecule has 2 heterocycles. The van der Waals surface area contributed by atoms with E-state index in [1.54, 1.807) is 38.1 Å². The molecular formula is C32H36N2O7S. The summed E-state index contributed by atoms with van der Waals surface area (Å²) in [5.74, 6) is -1.20. The molecule has 1 aromatic heterocycles. The fourth-order valence-electron chi connectivity index (χ4n) is 4.73. The Morgan fingerprint density at radius 1 is 1.10 bits per heavy atom. The first-order valence-corrected chi connectivity index (χ1v) is 14.6. The van der Waals surface area contributed by atoms with Crippen molar-refractivity contribution in [2.45, 2.75) is 54.0 Å². The molecule has 0 radical (unpaired) electrons. The van der Waals surface area contributed by atoms with E-state index < -0.39 is 23.7 Å². The molecule has 1 fully saturated rings. The zero-order valence-corrected chi connectivity index (χ0v) is 25.8. The number of thiazole rings is 1. The van der Waals surface area contributed by atoms with Gasteiger partial charge in [-0.2, -0.15) is 0 Å². The highest BCUT2D eigenvalue weighted by Gasteiger charge is 2.48. The van der Waals surface area contributed by atoms with Gasteiger partial charge >= 0.3 is 11.9 Å². The molecule has 1 atom stereocenters. The number of hydrogen-bond acceptors (Lipinski definition) is 9. The van der Waals surface area contributed by atoms with Crippen molar-refractivity contribution in [3.8, 4) is 11.5 Å². The number of aryl methyl sites for hydroxylation is 3. The average molecular weight is 593 g/mol. The van der Waals surface area contributed by atoms with Crippen LogP contribution in [0.3, 0.4) is 0 Å². The molecule has 0 bridgehead atoms. The average Bonchev–Trinajstić information content (AvgIpc) is 3.46. The number of aliphatic hydroxyl groups is 1. The Hall–Kier alpha value is -4.18. The summed E-state index contributed by atoms with van der Waals surface area (Å²) in [7, 11) is 1.51. The Kier molecular flexibility index (Phi) is 9.36. The molecule has 9 nitrogen and oxygen atoms in total. The number of carbonyl (C=O) groups excluding carboxylic acids is 3. The molecule has 0 spiro atoms. The van der Waals surface area contributed by atoms with Gasteiger partial charge < -0.3 is 19.3 Å². The van der Waals surface area contributed by atoms with E-state index in [2.05, 4.69) is 18.8 Å². The number of esters is 1. The third kappa shape index (κ3) is 6.04. The predicted octanol–water partition coefficient (Wildman–Crippen LogP) is 6.30. The van der Waals surface area contributed by atoms with Crippen LogP contribution in [0.2, 0.25) is 0 Å². The zero-order valence-electron chi connectivity index (χ0n) is 24.9. The third-order valence-electron chi connectivity index (χ3n) is 7.00. The zero-order chi connectivity index (χ0) is 30.7. The normalized spacial score (nSPS) is 16.3. The monoisotopic (exact) mass is 592 g/mol. The largest absolute Gasteiger partial charge is 0.507 e. The van der Waals surface area contributed by atoms with Crippen molar-refractivity contribution in [1.29, 1.82) is 0 Å². The van der Waals surface area contributed by atoms with Gasteiger partial charge in [0.05, 0.1) is 37.6 Å². The van der Waals surface area contributed by atoms with Gasteiger partial charge in [-0.1, -0.05) is 48.9 Å². The summed E-state index contributed by atoms with van der Waals surface area (Å²) in [5.41, 5.74) is 2.85. The molecular weight excluding hydrogens is 556 g/mol. The first-order chi connectivity index (χ1) is 20.0. The van der Waals surface area contributed by atoms with E-state index in [1.807, 2.05) is 26.0 Å². The highest BCUT2D eigenvalue weighted by atomic mass is 32.1. The van der Waals surface area contributed by atoms with E-state index in [9.17, 15) is 19.5 Å². The summed E-state index contributed by atoms with van der Waals surface area (Å²) >= 11 is 0.958. The lowest BCUT2D eigenvalue weighted by Crippen LogP contribution is -2.29. The number of Topliss-reactive ketones (excluding diaryl/α,β-unsaturated/α-hetero) is 1. The van der Waals surface area contributed by atoms with Gasteiger partial charge in [0, 0.05) is 5.56 Å². The van der Waals surface area contributed by atoms with Crippen molar-refractivity contribution >= 4 is 39.9 Å². The van der Waals surface area contributed by atoms with Gasteiger partial charge in [0.25, 0.3) is 5.78 Å². The number of amides is 1. The SMILES string of the molecule is CCOC(=O)c1sc(N2C(=O)C(=O)/C(=C(/O)c3cc(C)ccc3C)C2c2ccc(OCCC(C)C)c(OC)c2)nc1C. The molecule has 3 aromatic rings. The lowest BCUT2D eigenvalue weighted by Gasteiger charge is -2.24. The van der Waals surface area contributed by atoms with Crippen LogP contribution >= 0.6 is 11.3 Å². The standard InChI is InChI=1S/C32H36N2O7S/c1-8-40-31(38)29-20(6)33-32(42-29)34-26(21-11-12-23(24(16-21)39-7)41-14-13-17(2)3)25(28(36)30(34)37)27(35)22-15-18(4)9-10-19(22)5/h9-12,15-17,26,35H,8,13-14H2,1-7H3/b27-25+. The summed E-state index contributed by atoms with van der Waals surface area (Å²) in [6.07, 6.45) is 0.854. The summed E-state index contributed by atoms with van der Waals surface area (Å²) in [6, 6.07) is 9.62. The van der Waals surface area contributed by atoms with Crippen LogP contribution in [0.25, 0.3) is 5.76 Å². The van der Waals surface area contributed by atoms with Crippen molar-refractivity contribution in [2.24, 2.45) is 5.92 Å². The minimum atomic E-state index is -1.05. The number of carbonyl (C=O) groups is 3. The first kappa shape index (κ1) is 30.8. The molecule has 0 aliphatic carbocycles. The van der Waals surface area contributed by atoms with Crippen LogP contribution in [0.4, 0.5) is 5.13 Å². The first-order valence-electron chi connectivity index (χ1n) is 13.8. The fraction of sp³-hybridized carbons (Fsp3) is 0.375. The molecule has 42 heavy (non-hydrogen) atoms. The Morgan fingerprint density at radius 3 is 2.50 bits per heavy atom. The number of anilines is 1. The van der Waals surface area contributed by atoms with Crippen LogP contribution in [-0.4, -0.2) is 48.1 Å². The molecule has 1 saturated heterocycles. The maximum Gasteiger partial charge on any atom is 0.350 e. The Balaban J connectivity index is 1.91. The second kappa shape index (κ2) is 12.8. The van der Waals surface area contributed by atoms with E-state index in [1.165, 1.54) is 12.0 Å². The number of rotatable bonds is 10. The number of aliphatic hydroxyl groups excluding tert-OH is 1.